The molecular weight excluding hydrogens is 129 g/mol. The average Bonchev–Trinajstić information content (AvgIpc) is 1.88. The maximum absolute atomic E-state index is 11.8. The molecule has 0 aromatic heterocycles. The van der Waals surface area contributed by atoms with E-state index in [2.05, 4.69) is 11.7 Å². The molecule has 0 aliphatic carbocycles. The maximum atomic E-state index is 11.8. The highest BCUT2D eigenvalue weighted by atomic mass is 19.1. The molecule has 0 spiro atoms. The van der Waals surface area contributed by atoms with Crippen molar-refractivity contribution in [3.8, 4) is 0 Å². The highest BCUT2D eigenvalue weighted by Crippen LogP contribution is 2.01. The number of halogens is 1. The summed E-state index contributed by atoms with van der Waals surface area (Å²) in [6.07, 6.45) is 3.34. The molecule has 0 rings (SSSR count). The molecule has 0 amide bonds. The van der Waals surface area contributed by atoms with E-state index < -0.39 is 6.67 Å². The van der Waals surface area contributed by atoms with Crippen LogP contribution in [0.2, 0.25) is 0 Å². The molecule has 0 saturated heterocycles. The minimum absolute atomic E-state index is 0.400. The van der Waals surface area contributed by atoms with Crippen LogP contribution in [0.5, 0.6) is 0 Å². The molecule has 0 radical (unpaired) electrons. The Balaban J connectivity index is 4.11. The second-order valence-electron chi connectivity index (χ2n) is 2.18. The maximum Gasteiger partial charge on any atom is 0.111 e. The van der Waals surface area contributed by atoms with Crippen LogP contribution in [0.3, 0.4) is 0 Å². The summed E-state index contributed by atoms with van der Waals surface area (Å²) >= 11 is 0. The van der Waals surface area contributed by atoms with Crippen LogP contribution in [0.1, 0.15) is 13.8 Å². The van der Waals surface area contributed by atoms with Crippen LogP contribution in [-0.2, 0) is 0 Å². The van der Waals surface area contributed by atoms with Crippen LogP contribution in [0, 0.1) is 0 Å². The molecule has 56 valence electrons. The SMILES string of the molecule is C=N/C=C(C)\C=C(/C)CF. The summed E-state index contributed by atoms with van der Waals surface area (Å²) in [4.78, 5) is 3.54. The van der Waals surface area contributed by atoms with Crippen molar-refractivity contribution in [3.05, 3.63) is 23.4 Å². The Bertz CT molecular complexity index is 168. The van der Waals surface area contributed by atoms with Crippen molar-refractivity contribution >= 4 is 6.72 Å². The molecule has 0 aliphatic rings. The molecule has 0 atom stereocenters. The average molecular weight is 141 g/mol. The first-order valence-corrected chi connectivity index (χ1v) is 3.06. The van der Waals surface area contributed by atoms with Gasteiger partial charge in [-0.15, -0.1) is 0 Å². The minimum Gasteiger partial charge on any atom is -0.272 e. The Kier molecular flexibility index (Phi) is 4.46. The number of nitrogens with zero attached hydrogens (tertiary/aromatic N) is 1. The van der Waals surface area contributed by atoms with Crippen molar-refractivity contribution in [2.75, 3.05) is 6.67 Å². The topological polar surface area (TPSA) is 12.4 Å². The first kappa shape index (κ1) is 9.08. The number of alkyl halides is 1. The summed E-state index contributed by atoms with van der Waals surface area (Å²) in [6, 6.07) is 0. The van der Waals surface area contributed by atoms with Crippen LogP contribution in [0.25, 0.3) is 0 Å². The largest absolute Gasteiger partial charge is 0.272 e. The number of hydrogen-bond donors (Lipinski definition) is 0. The molecule has 0 aromatic carbocycles. The zero-order chi connectivity index (χ0) is 7.98. The summed E-state index contributed by atoms with van der Waals surface area (Å²) in [5, 5.41) is 0. The fourth-order valence-electron chi connectivity index (χ4n) is 0.608. The highest BCUT2D eigenvalue weighted by Gasteiger charge is 1.86. The number of aliphatic imine (C=N–C) groups is 1. The molecule has 0 heterocycles. The van der Waals surface area contributed by atoms with Crippen molar-refractivity contribution < 1.29 is 4.39 Å². The highest BCUT2D eigenvalue weighted by molar-refractivity contribution is 5.29. The quantitative estimate of drug-likeness (QED) is 0.423. The number of rotatable bonds is 3. The van der Waals surface area contributed by atoms with Gasteiger partial charge in [0.15, 0.2) is 0 Å². The van der Waals surface area contributed by atoms with Gasteiger partial charge in [-0.2, -0.15) is 0 Å². The van der Waals surface area contributed by atoms with Gasteiger partial charge in [-0.05, 0) is 31.7 Å². The zero-order valence-electron chi connectivity index (χ0n) is 6.39. The first-order valence-electron chi connectivity index (χ1n) is 3.06. The van der Waals surface area contributed by atoms with Crippen molar-refractivity contribution in [1.29, 1.82) is 0 Å². The van der Waals surface area contributed by atoms with E-state index in [1.54, 1.807) is 19.2 Å². The summed E-state index contributed by atoms with van der Waals surface area (Å²) in [5.74, 6) is 0. The molecule has 0 bridgehead atoms. The molecule has 2 heteroatoms. The van der Waals surface area contributed by atoms with Crippen LogP contribution in [0.15, 0.2) is 28.4 Å². The predicted octanol–water partition coefficient (Wildman–Crippen LogP) is 2.51. The van der Waals surface area contributed by atoms with Gasteiger partial charge in [0.05, 0.1) is 0 Å². The molecule has 0 aliphatic heterocycles. The lowest BCUT2D eigenvalue weighted by molar-refractivity contribution is 0.543. The third kappa shape index (κ3) is 4.01. The zero-order valence-corrected chi connectivity index (χ0v) is 6.39. The van der Waals surface area contributed by atoms with Crippen molar-refractivity contribution in [2.45, 2.75) is 13.8 Å². The third-order valence-corrected chi connectivity index (χ3v) is 0.980. The molecule has 0 fully saturated rings. The molecule has 0 unspecified atom stereocenters. The second-order valence-corrected chi connectivity index (χ2v) is 2.18. The Hall–Kier alpha value is -0.920. The molecule has 1 nitrogen and oxygen atoms in total. The first-order chi connectivity index (χ1) is 4.70. The van der Waals surface area contributed by atoms with Crippen molar-refractivity contribution in [2.24, 2.45) is 4.99 Å². The molecule has 0 saturated carbocycles. The van der Waals surface area contributed by atoms with Crippen LogP contribution in [-0.4, -0.2) is 13.4 Å². The predicted molar refractivity (Wildman–Crippen MR) is 43.0 cm³/mol. The number of allylic oxidation sites excluding steroid dienone is 3. The second kappa shape index (κ2) is 4.91. The van der Waals surface area contributed by atoms with Crippen molar-refractivity contribution in [3.63, 3.8) is 0 Å². The summed E-state index contributed by atoms with van der Waals surface area (Å²) in [5.41, 5.74) is 1.63. The Morgan fingerprint density at radius 1 is 1.60 bits per heavy atom. The lowest BCUT2D eigenvalue weighted by atomic mass is 10.2. The van der Waals surface area contributed by atoms with Crippen molar-refractivity contribution in [1.82, 2.24) is 0 Å². The van der Waals surface area contributed by atoms with Crippen LogP contribution in [0.4, 0.5) is 4.39 Å². The van der Waals surface area contributed by atoms with Gasteiger partial charge in [0, 0.05) is 6.20 Å². The Labute approximate surface area is 61.0 Å². The minimum atomic E-state index is -0.400. The normalized spacial score (nSPS) is 13.5. The van der Waals surface area contributed by atoms with E-state index in [4.69, 9.17) is 0 Å². The smallest absolute Gasteiger partial charge is 0.111 e. The fourth-order valence-corrected chi connectivity index (χ4v) is 0.608. The van der Waals surface area contributed by atoms with E-state index in [9.17, 15) is 4.39 Å². The van der Waals surface area contributed by atoms with Gasteiger partial charge < -0.3 is 0 Å². The summed E-state index contributed by atoms with van der Waals surface area (Å²) < 4.78 is 11.8. The van der Waals surface area contributed by atoms with E-state index in [-0.39, 0.29) is 0 Å². The van der Waals surface area contributed by atoms with E-state index in [1.807, 2.05) is 6.92 Å². The Morgan fingerprint density at radius 3 is 2.60 bits per heavy atom. The van der Waals surface area contributed by atoms with Crippen LogP contribution < -0.4 is 0 Å². The van der Waals surface area contributed by atoms with Gasteiger partial charge in [0.25, 0.3) is 0 Å². The van der Waals surface area contributed by atoms with Crippen LogP contribution >= 0.6 is 0 Å². The van der Waals surface area contributed by atoms with E-state index in [0.717, 1.165) is 5.57 Å². The van der Waals surface area contributed by atoms with Gasteiger partial charge in [-0.3, -0.25) is 4.99 Å². The molecule has 0 N–H and O–H groups in total. The number of hydrogen-bond acceptors (Lipinski definition) is 1. The molecular formula is C8H12FN. The van der Waals surface area contributed by atoms with Gasteiger partial charge in [-0.25, -0.2) is 4.39 Å². The standard InChI is InChI=1S/C8H12FN/c1-7(5-9)4-8(2)6-10-3/h4,6H,3,5H2,1-2H3/b7-4+,8-6-. The summed E-state index contributed by atoms with van der Waals surface area (Å²) in [7, 11) is 0. The van der Waals surface area contributed by atoms with E-state index >= 15 is 0 Å². The van der Waals surface area contributed by atoms with E-state index in [1.165, 1.54) is 0 Å². The van der Waals surface area contributed by atoms with Gasteiger partial charge >= 0.3 is 0 Å². The Morgan fingerprint density at radius 2 is 2.20 bits per heavy atom. The molecule has 10 heavy (non-hydrogen) atoms. The monoisotopic (exact) mass is 141 g/mol. The lowest BCUT2D eigenvalue weighted by Gasteiger charge is -1.91. The van der Waals surface area contributed by atoms with Gasteiger partial charge in [0.2, 0.25) is 0 Å². The van der Waals surface area contributed by atoms with Gasteiger partial charge in [-0.1, -0.05) is 6.08 Å². The summed E-state index contributed by atoms with van der Waals surface area (Å²) in [6.45, 7) is 6.48. The van der Waals surface area contributed by atoms with E-state index in [0.29, 0.717) is 5.57 Å². The molecule has 0 aromatic rings. The third-order valence-electron chi connectivity index (χ3n) is 0.980. The fraction of sp³-hybridized carbons (Fsp3) is 0.375. The van der Waals surface area contributed by atoms with Gasteiger partial charge in [0.1, 0.15) is 6.67 Å². The lowest BCUT2D eigenvalue weighted by Crippen LogP contribution is -1.78.